The summed E-state index contributed by atoms with van der Waals surface area (Å²) in [6.07, 6.45) is 5.10. The number of nitrogens with one attached hydrogen (secondary N) is 2. The number of nitrogens with zero attached hydrogens (tertiary/aromatic N) is 3. The highest BCUT2D eigenvalue weighted by molar-refractivity contribution is 5.85. The fourth-order valence-corrected chi connectivity index (χ4v) is 3.26. The summed E-state index contributed by atoms with van der Waals surface area (Å²) in [5, 5.41) is 10.1. The number of likely N-dealkylation sites (tertiary alicyclic amines) is 1. The molecule has 0 radical (unpaired) electrons. The summed E-state index contributed by atoms with van der Waals surface area (Å²) >= 11 is 0. The lowest BCUT2D eigenvalue weighted by molar-refractivity contribution is -0.128. The molecule has 2 heterocycles. The van der Waals surface area contributed by atoms with E-state index in [1.165, 1.54) is 0 Å². The number of likely N-dealkylation sites (N-methyl/N-ethyl adjacent to an activating group) is 1. The van der Waals surface area contributed by atoms with Crippen molar-refractivity contribution in [1.29, 1.82) is 0 Å². The van der Waals surface area contributed by atoms with Gasteiger partial charge in [0.05, 0.1) is 6.20 Å². The molecular weight excluding hydrogens is 366 g/mol. The zero-order valence-electron chi connectivity index (χ0n) is 15.6. The van der Waals surface area contributed by atoms with E-state index in [4.69, 9.17) is 0 Å². The van der Waals surface area contributed by atoms with Crippen molar-refractivity contribution in [1.82, 2.24) is 25.3 Å². The Morgan fingerprint density at radius 2 is 2.11 bits per heavy atom. The lowest BCUT2D eigenvalue weighted by Gasteiger charge is -2.17. The molecule has 8 heteroatoms. The second-order valence-electron chi connectivity index (χ2n) is 6.63. The first-order valence-corrected chi connectivity index (χ1v) is 8.86. The van der Waals surface area contributed by atoms with Gasteiger partial charge in [0, 0.05) is 44.9 Å². The number of rotatable bonds is 7. The Morgan fingerprint density at radius 3 is 2.74 bits per heavy atom. The van der Waals surface area contributed by atoms with Gasteiger partial charge in [-0.2, -0.15) is 5.10 Å². The number of aromatic nitrogens is 2. The second kappa shape index (κ2) is 9.53. The van der Waals surface area contributed by atoms with E-state index in [-0.39, 0.29) is 24.2 Å². The SMILES string of the molecule is CNC(C(=O)NCc1cccc(CN2CCCC2=O)c1)c1cnn(C)c1.Cl. The largest absolute Gasteiger partial charge is 0.350 e. The minimum atomic E-state index is -0.436. The van der Waals surface area contributed by atoms with Crippen LogP contribution < -0.4 is 10.6 Å². The molecule has 1 fully saturated rings. The summed E-state index contributed by atoms with van der Waals surface area (Å²) in [6, 6.07) is 7.57. The van der Waals surface area contributed by atoms with E-state index in [9.17, 15) is 9.59 Å². The Morgan fingerprint density at radius 1 is 1.33 bits per heavy atom. The fourth-order valence-electron chi connectivity index (χ4n) is 3.26. The van der Waals surface area contributed by atoms with Crippen LogP contribution in [0.25, 0.3) is 0 Å². The van der Waals surface area contributed by atoms with Crippen LogP contribution in [0.1, 0.15) is 35.6 Å². The van der Waals surface area contributed by atoms with Gasteiger partial charge >= 0.3 is 0 Å². The normalized spacial score (nSPS) is 14.7. The maximum Gasteiger partial charge on any atom is 0.242 e. The van der Waals surface area contributed by atoms with Gasteiger partial charge in [-0.15, -0.1) is 12.4 Å². The van der Waals surface area contributed by atoms with Crippen LogP contribution >= 0.6 is 12.4 Å². The van der Waals surface area contributed by atoms with Crippen molar-refractivity contribution in [2.45, 2.75) is 32.0 Å². The van der Waals surface area contributed by atoms with Crippen LogP contribution in [-0.4, -0.2) is 40.1 Å². The van der Waals surface area contributed by atoms with Gasteiger partial charge in [-0.05, 0) is 24.6 Å². The lowest BCUT2D eigenvalue weighted by Crippen LogP contribution is -2.35. The van der Waals surface area contributed by atoms with E-state index in [1.54, 1.807) is 17.9 Å². The summed E-state index contributed by atoms with van der Waals surface area (Å²) in [5.41, 5.74) is 2.93. The van der Waals surface area contributed by atoms with Crippen LogP contribution in [0.3, 0.4) is 0 Å². The average molecular weight is 392 g/mol. The molecule has 1 atom stereocenters. The molecular formula is C19H26ClN5O2. The van der Waals surface area contributed by atoms with Gasteiger partial charge in [0.25, 0.3) is 0 Å². The topological polar surface area (TPSA) is 79.3 Å². The fraction of sp³-hybridized carbons (Fsp3) is 0.421. The first-order chi connectivity index (χ1) is 12.6. The summed E-state index contributed by atoms with van der Waals surface area (Å²) in [4.78, 5) is 26.2. The van der Waals surface area contributed by atoms with Crippen LogP contribution in [0.5, 0.6) is 0 Å². The van der Waals surface area contributed by atoms with E-state index >= 15 is 0 Å². The van der Waals surface area contributed by atoms with Crippen molar-refractivity contribution in [3.05, 3.63) is 53.3 Å². The molecule has 146 valence electrons. The number of carbonyl (C=O) groups is 2. The molecule has 1 aromatic carbocycles. The molecule has 0 aliphatic carbocycles. The highest BCUT2D eigenvalue weighted by Crippen LogP contribution is 2.16. The number of benzene rings is 1. The number of aryl methyl sites for hydroxylation is 1. The molecule has 2 N–H and O–H groups in total. The summed E-state index contributed by atoms with van der Waals surface area (Å²) in [6.45, 7) is 1.91. The molecule has 1 saturated heterocycles. The van der Waals surface area contributed by atoms with E-state index in [2.05, 4.69) is 15.7 Å². The van der Waals surface area contributed by atoms with Crippen molar-refractivity contribution >= 4 is 24.2 Å². The summed E-state index contributed by atoms with van der Waals surface area (Å²) in [5.74, 6) is 0.123. The van der Waals surface area contributed by atoms with Crippen LogP contribution in [0.15, 0.2) is 36.7 Å². The van der Waals surface area contributed by atoms with E-state index in [0.29, 0.717) is 19.5 Å². The molecule has 2 aromatic rings. The monoisotopic (exact) mass is 391 g/mol. The van der Waals surface area contributed by atoms with Gasteiger partial charge in [-0.3, -0.25) is 14.3 Å². The minimum Gasteiger partial charge on any atom is -0.350 e. The standard InChI is InChI=1S/C19H25N5O2.ClH/c1-20-18(16-11-22-23(2)13-16)19(26)21-10-14-5-3-6-15(9-14)12-24-8-4-7-17(24)25;/h3,5-6,9,11,13,18,20H,4,7-8,10,12H2,1-2H3,(H,21,26);1H. The maximum atomic E-state index is 12.5. The Hall–Kier alpha value is -2.38. The predicted molar refractivity (Wildman–Crippen MR) is 105 cm³/mol. The van der Waals surface area contributed by atoms with Crippen molar-refractivity contribution in [2.24, 2.45) is 7.05 Å². The second-order valence-corrected chi connectivity index (χ2v) is 6.63. The quantitative estimate of drug-likeness (QED) is 0.750. The highest BCUT2D eigenvalue weighted by atomic mass is 35.5. The zero-order valence-corrected chi connectivity index (χ0v) is 16.5. The molecule has 1 aromatic heterocycles. The number of hydrogen-bond donors (Lipinski definition) is 2. The Labute approximate surface area is 165 Å². The predicted octanol–water partition coefficient (Wildman–Crippen LogP) is 1.54. The Bertz CT molecular complexity index is 792. The smallest absolute Gasteiger partial charge is 0.242 e. The van der Waals surface area contributed by atoms with Gasteiger partial charge in [-0.25, -0.2) is 0 Å². The third-order valence-electron chi connectivity index (χ3n) is 4.61. The Kier molecular flexibility index (Phi) is 7.38. The average Bonchev–Trinajstić information content (AvgIpc) is 3.23. The third kappa shape index (κ3) is 5.30. The van der Waals surface area contributed by atoms with Crippen molar-refractivity contribution in [2.75, 3.05) is 13.6 Å². The molecule has 0 saturated carbocycles. The molecule has 7 nitrogen and oxygen atoms in total. The zero-order chi connectivity index (χ0) is 18.5. The van der Waals surface area contributed by atoms with Crippen LogP contribution in [-0.2, 0) is 29.7 Å². The van der Waals surface area contributed by atoms with Crippen molar-refractivity contribution < 1.29 is 9.59 Å². The molecule has 27 heavy (non-hydrogen) atoms. The first kappa shape index (κ1) is 20.9. The lowest BCUT2D eigenvalue weighted by atomic mass is 10.1. The molecule has 0 bridgehead atoms. The van der Waals surface area contributed by atoms with Crippen LogP contribution in [0.2, 0.25) is 0 Å². The van der Waals surface area contributed by atoms with E-state index in [1.807, 2.05) is 42.4 Å². The third-order valence-corrected chi connectivity index (χ3v) is 4.61. The summed E-state index contributed by atoms with van der Waals surface area (Å²) < 4.78 is 1.68. The van der Waals surface area contributed by atoms with Gasteiger partial charge in [0.2, 0.25) is 11.8 Å². The molecule has 3 rings (SSSR count). The number of hydrogen-bond acceptors (Lipinski definition) is 4. The van der Waals surface area contributed by atoms with Gasteiger partial charge in [0.15, 0.2) is 0 Å². The van der Waals surface area contributed by atoms with Gasteiger partial charge in [-0.1, -0.05) is 24.3 Å². The van der Waals surface area contributed by atoms with Crippen LogP contribution in [0, 0.1) is 0 Å². The molecule has 0 spiro atoms. The molecule has 1 unspecified atom stereocenters. The molecule has 1 aliphatic rings. The van der Waals surface area contributed by atoms with Crippen LogP contribution in [0.4, 0.5) is 0 Å². The first-order valence-electron chi connectivity index (χ1n) is 8.86. The van der Waals surface area contributed by atoms with Crippen molar-refractivity contribution in [3.63, 3.8) is 0 Å². The number of halogens is 1. The minimum absolute atomic E-state index is 0. The Balaban J connectivity index is 0.00000261. The maximum absolute atomic E-state index is 12.5. The van der Waals surface area contributed by atoms with Crippen molar-refractivity contribution in [3.8, 4) is 0 Å². The number of amides is 2. The number of carbonyl (C=O) groups excluding carboxylic acids is 2. The highest BCUT2D eigenvalue weighted by Gasteiger charge is 2.21. The summed E-state index contributed by atoms with van der Waals surface area (Å²) in [7, 11) is 3.58. The molecule has 1 aliphatic heterocycles. The van der Waals surface area contributed by atoms with E-state index < -0.39 is 6.04 Å². The van der Waals surface area contributed by atoms with Gasteiger partial charge in [0.1, 0.15) is 6.04 Å². The molecule has 2 amide bonds. The van der Waals surface area contributed by atoms with E-state index in [0.717, 1.165) is 29.7 Å². The van der Waals surface area contributed by atoms with Gasteiger partial charge < -0.3 is 15.5 Å².